The van der Waals surface area contributed by atoms with Gasteiger partial charge in [0.25, 0.3) is 0 Å². The van der Waals surface area contributed by atoms with Crippen LogP contribution in [0.3, 0.4) is 0 Å². The second kappa shape index (κ2) is 9.74. The average Bonchev–Trinajstić information content (AvgIpc) is 3.44. The Morgan fingerprint density at radius 3 is 2.63 bits per heavy atom. The van der Waals surface area contributed by atoms with Crippen LogP contribution in [0.2, 0.25) is 0 Å². The zero-order valence-electron chi connectivity index (χ0n) is 19.1. The maximum Gasteiger partial charge on any atom is 0.337 e. The molecule has 3 aromatic rings. The molecule has 186 valence electrons. The molecule has 35 heavy (non-hydrogen) atoms. The highest BCUT2D eigenvalue weighted by Gasteiger charge is 2.39. The van der Waals surface area contributed by atoms with Crippen molar-refractivity contribution in [3.05, 3.63) is 59.2 Å². The molecule has 9 nitrogen and oxygen atoms in total. The maximum absolute atomic E-state index is 15.2. The number of aromatic carboxylic acids is 1. The van der Waals surface area contributed by atoms with E-state index < -0.39 is 33.8 Å². The van der Waals surface area contributed by atoms with Crippen LogP contribution in [0.25, 0.3) is 11.0 Å². The third-order valence-electron chi connectivity index (χ3n) is 6.28. The summed E-state index contributed by atoms with van der Waals surface area (Å²) in [5.74, 6) is -2.52. The number of hydrogen-bond acceptors (Lipinski definition) is 5. The molecule has 1 aliphatic rings. The molecule has 1 aromatic heterocycles. The van der Waals surface area contributed by atoms with Gasteiger partial charge in [0.2, 0.25) is 10.0 Å². The number of sulfonamides is 1. The number of rotatable bonds is 9. The van der Waals surface area contributed by atoms with E-state index in [1.165, 1.54) is 18.2 Å². The summed E-state index contributed by atoms with van der Waals surface area (Å²) in [5, 5.41) is 19.0. The minimum Gasteiger partial charge on any atom is -0.480 e. The highest BCUT2D eigenvalue weighted by molar-refractivity contribution is 7.89. The molecule has 1 saturated heterocycles. The molecule has 0 amide bonds. The quantitative estimate of drug-likeness (QED) is 0.457. The predicted molar refractivity (Wildman–Crippen MR) is 125 cm³/mol. The van der Waals surface area contributed by atoms with E-state index in [9.17, 15) is 28.2 Å². The third kappa shape index (κ3) is 4.65. The van der Waals surface area contributed by atoms with Crippen LogP contribution in [0.15, 0.2) is 41.3 Å². The topological polar surface area (TPSA) is 130 Å². The summed E-state index contributed by atoms with van der Waals surface area (Å²) in [7, 11) is -4.19. The number of nitrogens with zero attached hydrogens (tertiary/aromatic N) is 3. The molecule has 0 spiro atoms. The van der Waals surface area contributed by atoms with Crippen LogP contribution in [-0.4, -0.2) is 57.0 Å². The van der Waals surface area contributed by atoms with Crippen LogP contribution in [-0.2, 0) is 27.8 Å². The number of carbonyl (C=O) groups is 2. The monoisotopic (exact) mass is 503 g/mol. The van der Waals surface area contributed by atoms with Gasteiger partial charge in [-0.3, -0.25) is 4.79 Å². The van der Waals surface area contributed by atoms with Crippen LogP contribution in [0, 0.1) is 5.82 Å². The van der Waals surface area contributed by atoms with Gasteiger partial charge >= 0.3 is 11.9 Å². The van der Waals surface area contributed by atoms with Crippen molar-refractivity contribution in [1.29, 1.82) is 0 Å². The number of carboxylic acid groups (broad SMARTS) is 2. The first-order valence-corrected chi connectivity index (χ1v) is 12.8. The molecule has 1 atom stereocenters. The lowest BCUT2D eigenvalue weighted by Gasteiger charge is -2.21. The second-order valence-corrected chi connectivity index (χ2v) is 10.5. The Kier molecular flexibility index (Phi) is 6.91. The molecule has 11 heteroatoms. The molecule has 0 aliphatic carbocycles. The number of fused-ring (bicyclic) bond motifs is 1. The number of aryl methyl sites for hydroxylation is 1. The zero-order valence-corrected chi connectivity index (χ0v) is 20.0. The second-order valence-electron chi connectivity index (χ2n) is 8.56. The number of unbranched alkanes of at least 4 members (excludes halogenated alkanes) is 1. The Morgan fingerprint density at radius 1 is 1.20 bits per heavy atom. The Labute approximate surface area is 201 Å². The van der Waals surface area contributed by atoms with Crippen molar-refractivity contribution in [2.45, 2.75) is 56.5 Å². The highest BCUT2D eigenvalue weighted by Crippen LogP contribution is 2.29. The summed E-state index contributed by atoms with van der Waals surface area (Å²) in [6.07, 6.45) is 2.89. The fraction of sp³-hybridized carbons (Fsp3) is 0.375. The molecular weight excluding hydrogens is 477 g/mol. The Morgan fingerprint density at radius 2 is 1.97 bits per heavy atom. The van der Waals surface area contributed by atoms with Gasteiger partial charge in [0.05, 0.1) is 28.0 Å². The summed E-state index contributed by atoms with van der Waals surface area (Å²) < 4.78 is 43.8. The first-order chi connectivity index (χ1) is 16.6. The third-order valence-corrected chi connectivity index (χ3v) is 8.18. The normalized spacial score (nSPS) is 16.7. The summed E-state index contributed by atoms with van der Waals surface area (Å²) in [6.45, 7) is 2.04. The molecule has 1 fully saturated rings. The molecule has 4 rings (SSSR count). The van der Waals surface area contributed by atoms with Crippen molar-refractivity contribution in [1.82, 2.24) is 13.9 Å². The van der Waals surface area contributed by atoms with Gasteiger partial charge in [-0.05, 0) is 43.5 Å². The van der Waals surface area contributed by atoms with Crippen LogP contribution in [0.5, 0.6) is 0 Å². The lowest BCUT2D eigenvalue weighted by molar-refractivity contribution is -0.140. The van der Waals surface area contributed by atoms with E-state index in [0.717, 1.165) is 23.2 Å². The van der Waals surface area contributed by atoms with Gasteiger partial charge in [-0.15, -0.1) is 0 Å². The van der Waals surface area contributed by atoms with Crippen molar-refractivity contribution in [3.63, 3.8) is 0 Å². The van der Waals surface area contributed by atoms with Gasteiger partial charge in [0, 0.05) is 18.5 Å². The molecule has 0 saturated carbocycles. The maximum atomic E-state index is 15.2. The smallest absolute Gasteiger partial charge is 0.337 e. The summed E-state index contributed by atoms with van der Waals surface area (Å²) in [5.41, 5.74) is 1.08. The first-order valence-electron chi connectivity index (χ1n) is 11.4. The van der Waals surface area contributed by atoms with Crippen molar-refractivity contribution < 1.29 is 32.6 Å². The Bertz CT molecular complexity index is 1400. The van der Waals surface area contributed by atoms with E-state index in [1.807, 2.05) is 6.92 Å². The molecule has 0 radical (unpaired) electrons. The van der Waals surface area contributed by atoms with Crippen molar-refractivity contribution in [3.8, 4) is 0 Å². The Hall–Kier alpha value is -3.31. The van der Waals surface area contributed by atoms with Crippen LogP contribution >= 0.6 is 0 Å². The fourth-order valence-electron chi connectivity index (χ4n) is 4.50. The summed E-state index contributed by atoms with van der Waals surface area (Å²) >= 11 is 0. The molecule has 1 unspecified atom stereocenters. The van der Waals surface area contributed by atoms with Gasteiger partial charge < -0.3 is 14.8 Å². The number of aliphatic carboxylic acids is 1. The van der Waals surface area contributed by atoms with Gasteiger partial charge in [-0.1, -0.05) is 25.5 Å². The molecule has 2 heterocycles. The first kappa shape index (κ1) is 24.8. The summed E-state index contributed by atoms with van der Waals surface area (Å²) in [6, 6.07) is 7.10. The average molecular weight is 504 g/mol. The number of halogens is 1. The van der Waals surface area contributed by atoms with Gasteiger partial charge in [0.1, 0.15) is 17.7 Å². The molecule has 0 bridgehead atoms. The summed E-state index contributed by atoms with van der Waals surface area (Å²) in [4.78, 5) is 27.5. The van der Waals surface area contributed by atoms with Crippen molar-refractivity contribution >= 4 is 33.0 Å². The molecule has 2 N–H and O–H groups in total. The van der Waals surface area contributed by atoms with Crippen LogP contribution in [0.4, 0.5) is 4.39 Å². The minimum absolute atomic E-state index is 0.0343. The lowest BCUT2D eigenvalue weighted by atomic mass is 10.1. The Balaban J connectivity index is 1.73. The number of carboxylic acids is 2. The highest BCUT2D eigenvalue weighted by atomic mass is 32.2. The standard InChI is InChI=1S/C24H26FN3O6S/c1-2-3-9-21-26-19-7-4-6-17(23(29)30)22(19)27(21)14-15-10-11-16(13-18(15)25)35(33,34)28-12-5-8-20(28)24(31)32/h4,6-7,10-11,13,20H,2-3,5,8-9,12,14H2,1H3,(H,29,30)(H,31,32). The van der Waals surface area contributed by atoms with Crippen LogP contribution < -0.4 is 0 Å². The van der Waals surface area contributed by atoms with E-state index >= 15 is 4.39 Å². The van der Waals surface area contributed by atoms with E-state index in [1.54, 1.807) is 16.7 Å². The number of benzene rings is 2. The van der Waals surface area contributed by atoms with Crippen LogP contribution in [0.1, 0.15) is 54.4 Å². The van der Waals surface area contributed by atoms with Crippen molar-refractivity contribution in [2.75, 3.05) is 6.54 Å². The molecule has 1 aliphatic heterocycles. The largest absolute Gasteiger partial charge is 0.480 e. The van der Waals surface area contributed by atoms with Gasteiger partial charge in [-0.2, -0.15) is 4.31 Å². The van der Waals surface area contributed by atoms with Gasteiger partial charge in [-0.25, -0.2) is 22.6 Å². The lowest BCUT2D eigenvalue weighted by Crippen LogP contribution is -2.40. The van der Waals surface area contributed by atoms with Crippen molar-refractivity contribution in [2.24, 2.45) is 0 Å². The molecule has 2 aromatic carbocycles. The number of imidazole rings is 1. The SMILES string of the molecule is CCCCc1nc2cccc(C(=O)O)c2n1Cc1ccc(S(=O)(=O)N2CCCC2C(=O)O)cc1F. The number of aromatic nitrogens is 2. The fourth-order valence-corrected chi connectivity index (χ4v) is 6.16. The number of para-hydroxylation sites is 1. The van der Waals surface area contributed by atoms with E-state index in [2.05, 4.69) is 4.98 Å². The van der Waals surface area contributed by atoms with E-state index in [4.69, 9.17) is 0 Å². The predicted octanol–water partition coefficient (Wildman–Crippen LogP) is 3.50. The van der Waals surface area contributed by atoms with Gasteiger partial charge in [0.15, 0.2) is 0 Å². The van der Waals surface area contributed by atoms with E-state index in [-0.39, 0.29) is 35.5 Å². The molecular formula is C24H26FN3O6S. The number of hydrogen-bond donors (Lipinski definition) is 2. The zero-order chi connectivity index (χ0) is 25.3. The minimum atomic E-state index is -4.19. The van der Waals surface area contributed by atoms with E-state index in [0.29, 0.717) is 29.7 Å².